The number of nitrogens with one attached hydrogen (secondary N) is 1. The summed E-state index contributed by atoms with van der Waals surface area (Å²) in [6.45, 7) is 2.11. The van der Waals surface area contributed by atoms with Crippen LogP contribution in [0.15, 0.2) is 88.9 Å². The maximum atomic E-state index is 13.7. The Morgan fingerprint density at radius 3 is 2.60 bits per heavy atom. The van der Waals surface area contributed by atoms with Gasteiger partial charge in [-0.15, -0.1) is 23.1 Å². The highest BCUT2D eigenvalue weighted by molar-refractivity contribution is 8.00. The first kappa shape index (κ1) is 26.4. The molecule has 0 unspecified atom stereocenters. The first-order valence-corrected chi connectivity index (χ1v) is 15.0. The number of amides is 2. The topological polar surface area (TPSA) is 80.4 Å². The molecule has 7 nitrogen and oxygen atoms in total. The Morgan fingerprint density at radius 1 is 1.10 bits per heavy atom. The van der Waals surface area contributed by atoms with Crippen LogP contribution in [0.5, 0.6) is 0 Å². The fourth-order valence-electron chi connectivity index (χ4n) is 4.67. The molecular formula is C30H25ClN4O3S2. The van der Waals surface area contributed by atoms with Gasteiger partial charge in [0.2, 0.25) is 11.8 Å². The maximum absolute atomic E-state index is 13.7. The van der Waals surface area contributed by atoms with Gasteiger partial charge in [0.05, 0.1) is 35.2 Å². The summed E-state index contributed by atoms with van der Waals surface area (Å²) in [5.41, 5.74) is 4.42. The van der Waals surface area contributed by atoms with E-state index >= 15 is 0 Å². The molecule has 0 bridgehead atoms. The highest BCUT2D eigenvalue weighted by Crippen LogP contribution is 2.49. The van der Waals surface area contributed by atoms with Crippen LogP contribution >= 0.6 is 34.7 Å². The number of anilines is 1. The number of hydrogen-bond donors (Lipinski definition) is 1. The van der Waals surface area contributed by atoms with E-state index in [4.69, 9.17) is 21.1 Å². The molecule has 0 aliphatic carbocycles. The Kier molecular flexibility index (Phi) is 7.51. The van der Waals surface area contributed by atoms with Crippen LogP contribution in [0.3, 0.4) is 0 Å². The van der Waals surface area contributed by atoms with E-state index in [2.05, 4.69) is 11.4 Å². The fraction of sp³-hybridized carbons (Fsp3) is 0.167. The van der Waals surface area contributed by atoms with Crippen molar-refractivity contribution in [3.05, 3.63) is 111 Å². The number of fused-ring (bicyclic) bond motifs is 1. The summed E-state index contributed by atoms with van der Waals surface area (Å²) in [5.74, 6) is 1.00. The first-order valence-electron chi connectivity index (χ1n) is 12.7. The molecule has 0 saturated carbocycles. The van der Waals surface area contributed by atoms with Gasteiger partial charge in [-0.2, -0.15) is 5.10 Å². The number of benzene rings is 2. The zero-order chi connectivity index (χ0) is 27.6. The van der Waals surface area contributed by atoms with Gasteiger partial charge in [-0.1, -0.05) is 47.5 Å². The predicted molar refractivity (Wildman–Crippen MR) is 160 cm³/mol. The monoisotopic (exact) mass is 588 g/mol. The largest absolute Gasteiger partial charge is 0.467 e. The fourth-order valence-corrected chi connectivity index (χ4v) is 6.97. The molecule has 1 N–H and O–H groups in total. The van der Waals surface area contributed by atoms with Crippen LogP contribution in [0.2, 0.25) is 5.02 Å². The van der Waals surface area contributed by atoms with Crippen molar-refractivity contribution < 1.29 is 14.0 Å². The van der Waals surface area contributed by atoms with Gasteiger partial charge < -0.3 is 9.73 Å². The van der Waals surface area contributed by atoms with Crippen molar-refractivity contribution in [3.8, 4) is 16.9 Å². The highest BCUT2D eigenvalue weighted by Gasteiger charge is 2.38. The summed E-state index contributed by atoms with van der Waals surface area (Å²) in [6, 6.07) is 23.2. The third kappa shape index (κ3) is 5.32. The summed E-state index contributed by atoms with van der Waals surface area (Å²) >= 11 is 9.42. The molecule has 0 saturated heterocycles. The number of carbonyl (C=O) groups excluding carboxylic acids is 2. The standard InChI is InChI=1S/C30H25ClN4O3S2/c1-19-6-12-22(13-7-19)35-30-27(28(33-35)20-8-10-21(31)11-9-20)29(24-5-3-15-39-24)40-18-26(37)34(30)17-25(36)32-16-23-4-2-14-38-23/h2-15,29H,16-18H2,1H3,(H,32,36)/t29-/m1/s1. The molecule has 0 radical (unpaired) electrons. The number of aryl methyl sites for hydroxylation is 1. The molecule has 6 rings (SSSR count). The van der Waals surface area contributed by atoms with E-state index in [1.54, 1.807) is 51.1 Å². The lowest BCUT2D eigenvalue weighted by molar-refractivity contribution is -0.123. The second kappa shape index (κ2) is 11.4. The Balaban J connectivity index is 1.52. The number of furan rings is 1. The molecule has 10 heteroatoms. The molecule has 1 atom stereocenters. The number of nitrogens with zero attached hydrogens (tertiary/aromatic N) is 3. The Labute approximate surface area is 244 Å². The van der Waals surface area contributed by atoms with Crippen molar-refractivity contribution in [1.29, 1.82) is 0 Å². The molecule has 5 aromatic rings. The molecule has 0 fully saturated rings. The van der Waals surface area contributed by atoms with Crippen LogP contribution in [0.4, 0.5) is 5.82 Å². The summed E-state index contributed by atoms with van der Waals surface area (Å²) in [5, 5.41) is 10.5. The quantitative estimate of drug-likeness (QED) is 0.230. The average molecular weight is 589 g/mol. The van der Waals surface area contributed by atoms with Crippen molar-refractivity contribution >= 4 is 52.3 Å². The second-order valence-corrected chi connectivity index (χ2v) is 11.9. The molecule has 3 aromatic heterocycles. The van der Waals surface area contributed by atoms with Crippen LogP contribution < -0.4 is 10.2 Å². The number of thioether (sulfide) groups is 1. The van der Waals surface area contributed by atoms with E-state index in [0.29, 0.717) is 16.6 Å². The minimum absolute atomic E-state index is 0.151. The summed E-state index contributed by atoms with van der Waals surface area (Å²) in [6.07, 6.45) is 1.56. The predicted octanol–water partition coefficient (Wildman–Crippen LogP) is 6.64. The third-order valence-corrected chi connectivity index (χ3v) is 9.20. The number of thiophene rings is 1. The average Bonchev–Trinajstić information content (AvgIpc) is 3.73. The molecule has 2 amide bonds. The van der Waals surface area contributed by atoms with Crippen molar-refractivity contribution in [2.24, 2.45) is 0 Å². The lowest BCUT2D eigenvalue weighted by Gasteiger charge is -2.23. The maximum Gasteiger partial charge on any atom is 0.240 e. The van der Waals surface area contributed by atoms with E-state index in [-0.39, 0.29) is 35.9 Å². The van der Waals surface area contributed by atoms with Crippen molar-refractivity contribution in [1.82, 2.24) is 15.1 Å². The second-order valence-electron chi connectivity index (χ2n) is 9.38. The van der Waals surface area contributed by atoms with Gasteiger partial charge in [-0.25, -0.2) is 4.68 Å². The van der Waals surface area contributed by atoms with Crippen LogP contribution in [0, 0.1) is 6.92 Å². The van der Waals surface area contributed by atoms with Crippen molar-refractivity contribution in [2.75, 3.05) is 17.2 Å². The van der Waals surface area contributed by atoms with Gasteiger partial charge in [-0.3, -0.25) is 14.5 Å². The van der Waals surface area contributed by atoms with E-state index < -0.39 is 0 Å². The summed E-state index contributed by atoms with van der Waals surface area (Å²) in [7, 11) is 0. The van der Waals surface area contributed by atoms with Crippen LogP contribution in [-0.4, -0.2) is 33.9 Å². The number of hydrogen-bond acceptors (Lipinski definition) is 6. The molecule has 1 aliphatic heterocycles. The first-order chi connectivity index (χ1) is 19.5. The number of carbonyl (C=O) groups is 2. The molecule has 4 heterocycles. The van der Waals surface area contributed by atoms with Gasteiger partial charge in [-0.05, 0) is 54.8 Å². The molecule has 1 aliphatic rings. The Morgan fingerprint density at radius 2 is 1.90 bits per heavy atom. The molecular weight excluding hydrogens is 564 g/mol. The van der Waals surface area contributed by atoms with Crippen LogP contribution in [-0.2, 0) is 16.1 Å². The van der Waals surface area contributed by atoms with Gasteiger partial charge in [0.1, 0.15) is 18.1 Å². The Bertz CT molecular complexity index is 1630. The minimum Gasteiger partial charge on any atom is -0.467 e. The number of aromatic nitrogens is 2. The van der Waals surface area contributed by atoms with Crippen LogP contribution in [0.25, 0.3) is 16.9 Å². The van der Waals surface area contributed by atoms with Gasteiger partial charge in [0.15, 0.2) is 0 Å². The van der Waals surface area contributed by atoms with E-state index in [1.807, 2.05) is 66.9 Å². The lowest BCUT2D eigenvalue weighted by Crippen LogP contribution is -2.42. The third-order valence-electron chi connectivity index (χ3n) is 6.63. The molecule has 2 aromatic carbocycles. The lowest BCUT2D eigenvalue weighted by atomic mass is 10.0. The summed E-state index contributed by atoms with van der Waals surface area (Å²) < 4.78 is 7.15. The molecule has 40 heavy (non-hydrogen) atoms. The summed E-state index contributed by atoms with van der Waals surface area (Å²) in [4.78, 5) is 29.6. The van der Waals surface area contributed by atoms with Crippen molar-refractivity contribution in [2.45, 2.75) is 18.7 Å². The van der Waals surface area contributed by atoms with Gasteiger partial charge in [0, 0.05) is 21.0 Å². The number of halogens is 1. The van der Waals surface area contributed by atoms with Gasteiger partial charge in [0.25, 0.3) is 0 Å². The smallest absolute Gasteiger partial charge is 0.240 e. The van der Waals surface area contributed by atoms with E-state index in [0.717, 1.165) is 32.9 Å². The SMILES string of the molecule is Cc1ccc(-n2nc(-c3ccc(Cl)cc3)c3c2N(CC(=O)NCc2ccco2)C(=O)CS[C@@H]3c2cccs2)cc1. The normalized spacial score (nSPS) is 15.1. The van der Waals surface area contributed by atoms with Crippen LogP contribution in [0.1, 0.15) is 27.0 Å². The minimum atomic E-state index is -0.292. The van der Waals surface area contributed by atoms with Crippen molar-refractivity contribution in [3.63, 3.8) is 0 Å². The molecule has 0 spiro atoms. The zero-order valence-corrected chi connectivity index (χ0v) is 23.9. The highest BCUT2D eigenvalue weighted by atomic mass is 35.5. The van der Waals surface area contributed by atoms with E-state index in [9.17, 15) is 9.59 Å². The van der Waals surface area contributed by atoms with E-state index in [1.165, 1.54) is 0 Å². The van der Waals surface area contributed by atoms with Gasteiger partial charge >= 0.3 is 0 Å². The number of rotatable bonds is 7. The molecule has 202 valence electrons. The Hall–Kier alpha value is -3.79. The zero-order valence-electron chi connectivity index (χ0n) is 21.5.